The van der Waals surface area contributed by atoms with Gasteiger partial charge in [0, 0.05) is 5.92 Å². The largest absolute Gasteiger partial charge is 0.508 e. The maximum absolute atomic E-state index is 9.27. The predicted molar refractivity (Wildman–Crippen MR) is 51.3 cm³/mol. The maximum Gasteiger partial charge on any atom is 0.118 e. The van der Waals surface area contributed by atoms with Gasteiger partial charge < -0.3 is 5.11 Å². The van der Waals surface area contributed by atoms with Crippen molar-refractivity contribution in [2.24, 2.45) is 5.92 Å². The second-order valence-corrected chi connectivity index (χ2v) is 3.36. The van der Waals surface area contributed by atoms with Crippen molar-refractivity contribution in [2.75, 3.05) is 0 Å². The zero-order valence-corrected chi connectivity index (χ0v) is 7.91. The lowest BCUT2D eigenvalue weighted by Gasteiger charge is -2.04. The van der Waals surface area contributed by atoms with Crippen molar-refractivity contribution >= 4 is 0 Å². The molecule has 0 aromatic heterocycles. The summed E-state index contributed by atoms with van der Waals surface area (Å²) in [4.78, 5) is 0. The third-order valence-corrected chi connectivity index (χ3v) is 2.02. The van der Waals surface area contributed by atoms with E-state index in [1.165, 1.54) is 0 Å². The second kappa shape index (κ2) is 3.95. The molecule has 0 fully saturated rings. The van der Waals surface area contributed by atoms with Crippen LogP contribution in [0.25, 0.3) is 0 Å². The fourth-order valence-corrected chi connectivity index (χ4v) is 1.24. The van der Waals surface area contributed by atoms with E-state index < -0.39 is 0 Å². The Morgan fingerprint density at radius 2 is 2.23 bits per heavy atom. The third kappa shape index (κ3) is 2.48. The zero-order valence-electron chi connectivity index (χ0n) is 7.91. The van der Waals surface area contributed by atoms with Crippen LogP contribution in [0.15, 0.2) is 18.2 Å². The highest BCUT2D eigenvalue weighted by Gasteiger charge is 2.03. The fraction of sp³-hybridized carbons (Fsp3) is 0.364. The molecule has 1 aromatic rings. The lowest BCUT2D eigenvalue weighted by atomic mass is 10.0. The van der Waals surface area contributed by atoms with Crippen LogP contribution < -0.4 is 0 Å². The van der Waals surface area contributed by atoms with Gasteiger partial charge in [-0.15, -0.1) is 0 Å². The molecule has 0 saturated heterocycles. The molecule has 1 rings (SSSR count). The van der Waals surface area contributed by atoms with Gasteiger partial charge in [0.2, 0.25) is 0 Å². The number of phenols is 1. The average molecular weight is 175 g/mol. The Balaban J connectivity index is 2.81. The Bertz CT molecular complexity index is 338. The number of hydrogen-bond donors (Lipinski definition) is 1. The SMILES string of the molecule is Cc1cc(CC(C)C#N)ccc1O. The van der Waals surface area contributed by atoms with Crippen molar-refractivity contribution in [3.8, 4) is 11.8 Å². The van der Waals surface area contributed by atoms with Gasteiger partial charge in [-0.05, 0) is 37.5 Å². The topological polar surface area (TPSA) is 44.0 Å². The molecule has 0 bridgehead atoms. The van der Waals surface area contributed by atoms with Crippen LogP contribution in [0.1, 0.15) is 18.1 Å². The molecule has 13 heavy (non-hydrogen) atoms. The average Bonchev–Trinajstić information content (AvgIpc) is 2.11. The van der Waals surface area contributed by atoms with Crippen LogP contribution in [0.3, 0.4) is 0 Å². The Kier molecular flexibility index (Phi) is 2.92. The monoisotopic (exact) mass is 175 g/mol. The molecule has 1 unspecified atom stereocenters. The maximum atomic E-state index is 9.27. The van der Waals surface area contributed by atoms with Gasteiger partial charge in [0.1, 0.15) is 5.75 Å². The first kappa shape index (κ1) is 9.60. The van der Waals surface area contributed by atoms with Crippen molar-refractivity contribution in [2.45, 2.75) is 20.3 Å². The minimum atomic E-state index is 0.0314. The molecule has 0 amide bonds. The highest BCUT2D eigenvalue weighted by atomic mass is 16.3. The van der Waals surface area contributed by atoms with E-state index in [4.69, 9.17) is 5.26 Å². The minimum Gasteiger partial charge on any atom is -0.508 e. The van der Waals surface area contributed by atoms with Gasteiger partial charge in [-0.1, -0.05) is 12.1 Å². The smallest absolute Gasteiger partial charge is 0.118 e. The number of benzene rings is 1. The van der Waals surface area contributed by atoms with E-state index in [1.54, 1.807) is 6.07 Å². The summed E-state index contributed by atoms with van der Waals surface area (Å²) in [6.45, 7) is 3.75. The number of phenolic OH excluding ortho intramolecular Hbond substituents is 1. The summed E-state index contributed by atoms with van der Waals surface area (Å²) in [5.41, 5.74) is 1.96. The molecule has 0 radical (unpaired) electrons. The fourth-order valence-electron chi connectivity index (χ4n) is 1.24. The normalized spacial score (nSPS) is 12.1. The van der Waals surface area contributed by atoms with Crippen LogP contribution >= 0.6 is 0 Å². The molecule has 2 nitrogen and oxygen atoms in total. The van der Waals surface area contributed by atoms with Gasteiger partial charge in [-0.25, -0.2) is 0 Å². The van der Waals surface area contributed by atoms with Crippen molar-refractivity contribution in [1.82, 2.24) is 0 Å². The van der Waals surface area contributed by atoms with E-state index in [9.17, 15) is 5.11 Å². The Labute approximate surface area is 78.4 Å². The Morgan fingerprint density at radius 1 is 1.54 bits per heavy atom. The van der Waals surface area contributed by atoms with Gasteiger partial charge in [0.25, 0.3) is 0 Å². The van der Waals surface area contributed by atoms with Crippen LogP contribution in [-0.4, -0.2) is 5.11 Å². The minimum absolute atomic E-state index is 0.0314. The summed E-state index contributed by atoms with van der Waals surface area (Å²) in [7, 11) is 0. The molecule has 0 aliphatic heterocycles. The van der Waals surface area contributed by atoms with E-state index in [2.05, 4.69) is 6.07 Å². The van der Waals surface area contributed by atoms with Crippen molar-refractivity contribution in [3.05, 3.63) is 29.3 Å². The van der Waals surface area contributed by atoms with Gasteiger partial charge in [0.15, 0.2) is 0 Å². The van der Waals surface area contributed by atoms with E-state index in [-0.39, 0.29) is 5.92 Å². The van der Waals surface area contributed by atoms with Gasteiger partial charge >= 0.3 is 0 Å². The van der Waals surface area contributed by atoms with Gasteiger partial charge in [-0.3, -0.25) is 0 Å². The number of nitriles is 1. The zero-order chi connectivity index (χ0) is 9.84. The summed E-state index contributed by atoms with van der Waals surface area (Å²) in [5, 5.41) is 17.9. The number of rotatable bonds is 2. The number of hydrogen-bond acceptors (Lipinski definition) is 2. The van der Waals surface area contributed by atoms with Crippen LogP contribution in [0.5, 0.6) is 5.75 Å². The summed E-state index contributed by atoms with van der Waals surface area (Å²) < 4.78 is 0. The highest BCUT2D eigenvalue weighted by Crippen LogP contribution is 2.18. The standard InChI is InChI=1S/C11H13NO/c1-8(7-12)5-10-3-4-11(13)9(2)6-10/h3-4,6,8,13H,5H2,1-2H3. The number of aromatic hydroxyl groups is 1. The van der Waals surface area contributed by atoms with Crippen LogP contribution in [0, 0.1) is 24.2 Å². The van der Waals surface area contributed by atoms with Crippen molar-refractivity contribution < 1.29 is 5.11 Å². The van der Waals surface area contributed by atoms with E-state index in [1.807, 2.05) is 26.0 Å². The number of nitrogens with zero attached hydrogens (tertiary/aromatic N) is 1. The number of aryl methyl sites for hydroxylation is 1. The van der Waals surface area contributed by atoms with Crippen LogP contribution in [-0.2, 0) is 6.42 Å². The lowest BCUT2D eigenvalue weighted by molar-refractivity contribution is 0.470. The van der Waals surface area contributed by atoms with Crippen molar-refractivity contribution in [3.63, 3.8) is 0 Å². The second-order valence-electron chi connectivity index (χ2n) is 3.36. The molecule has 68 valence electrons. The lowest BCUT2D eigenvalue weighted by Crippen LogP contribution is -1.96. The highest BCUT2D eigenvalue weighted by molar-refractivity contribution is 5.35. The molecule has 0 aliphatic rings. The molecular weight excluding hydrogens is 162 g/mol. The first-order valence-corrected chi connectivity index (χ1v) is 4.31. The Hall–Kier alpha value is -1.49. The molecule has 0 heterocycles. The predicted octanol–water partition coefficient (Wildman–Crippen LogP) is 2.40. The summed E-state index contributed by atoms with van der Waals surface area (Å²) in [5.74, 6) is 0.345. The van der Waals surface area contributed by atoms with Crippen LogP contribution in [0.4, 0.5) is 0 Å². The third-order valence-electron chi connectivity index (χ3n) is 2.02. The summed E-state index contributed by atoms with van der Waals surface area (Å²) in [6, 6.07) is 7.64. The molecule has 1 N–H and O–H groups in total. The van der Waals surface area contributed by atoms with E-state index in [0.717, 1.165) is 17.5 Å². The Morgan fingerprint density at radius 3 is 2.77 bits per heavy atom. The molecule has 2 heteroatoms. The van der Waals surface area contributed by atoms with Crippen LogP contribution in [0.2, 0.25) is 0 Å². The van der Waals surface area contributed by atoms with E-state index in [0.29, 0.717) is 5.75 Å². The molecule has 1 aromatic carbocycles. The molecule has 1 atom stereocenters. The molecule has 0 aliphatic carbocycles. The first-order valence-electron chi connectivity index (χ1n) is 4.31. The van der Waals surface area contributed by atoms with Crippen molar-refractivity contribution in [1.29, 1.82) is 5.26 Å². The van der Waals surface area contributed by atoms with E-state index >= 15 is 0 Å². The summed E-state index contributed by atoms with van der Waals surface area (Å²) in [6.07, 6.45) is 0.748. The van der Waals surface area contributed by atoms with Gasteiger partial charge in [0.05, 0.1) is 6.07 Å². The molecule has 0 saturated carbocycles. The molecule has 0 spiro atoms. The summed E-state index contributed by atoms with van der Waals surface area (Å²) >= 11 is 0. The quantitative estimate of drug-likeness (QED) is 0.750. The first-order chi connectivity index (χ1) is 6.13. The van der Waals surface area contributed by atoms with Gasteiger partial charge in [-0.2, -0.15) is 5.26 Å². The molecular formula is C11H13NO.